The molecule has 0 bridgehead atoms. The lowest BCUT2D eigenvalue weighted by molar-refractivity contribution is -0.384. The summed E-state index contributed by atoms with van der Waals surface area (Å²) >= 11 is 0. The fourth-order valence-corrected chi connectivity index (χ4v) is 3.08. The first-order chi connectivity index (χ1) is 13.8. The van der Waals surface area contributed by atoms with E-state index in [0.29, 0.717) is 5.56 Å². The van der Waals surface area contributed by atoms with E-state index < -0.39 is 28.9 Å². The normalized spacial score (nSPS) is 16.3. The van der Waals surface area contributed by atoms with Gasteiger partial charge in [0.15, 0.2) is 0 Å². The Morgan fingerprint density at radius 1 is 1.24 bits per heavy atom. The van der Waals surface area contributed by atoms with E-state index >= 15 is 0 Å². The maximum Gasteiger partial charge on any atom is 0.338 e. The van der Waals surface area contributed by atoms with Gasteiger partial charge in [0.1, 0.15) is 0 Å². The van der Waals surface area contributed by atoms with E-state index in [1.807, 2.05) is 0 Å². The maximum atomic E-state index is 12.6. The van der Waals surface area contributed by atoms with Crippen molar-refractivity contribution in [2.45, 2.75) is 33.2 Å². The molecule has 10 nitrogen and oxygen atoms in total. The molecule has 2 rings (SSSR count). The van der Waals surface area contributed by atoms with Crippen molar-refractivity contribution in [1.82, 2.24) is 10.2 Å². The van der Waals surface area contributed by atoms with Gasteiger partial charge in [-0.1, -0.05) is 12.1 Å². The number of nitro benzene ring substituents is 1. The standard InChI is InChI=1S/C19H23N3O7/c1-4-28-15(23)9-10-21-17(13-7-6-8-14(11-13)22(26)27)16(18(24)29-5-2)12(3)20-19(21)25/h6-8,11,17H,4-5,9-10H2,1-3H3,(H,20,25). The summed E-state index contributed by atoms with van der Waals surface area (Å²) in [4.78, 5) is 49.0. The first-order valence-electron chi connectivity index (χ1n) is 9.15. The molecule has 1 aromatic carbocycles. The molecule has 1 aromatic rings. The van der Waals surface area contributed by atoms with Crippen LogP contribution in [0.25, 0.3) is 0 Å². The van der Waals surface area contributed by atoms with Gasteiger partial charge in [0.05, 0.1) is 36.2 Å². The lowest BCUT2D eigenvalue weighted by atomic mass is 9.93. The molecule has 2 amide bonds. The Kier molecular flexibility index (Phi) is 7.29. The molecule has 0 saturated carbocycles. The molecule has 1 heterocycles. The number of nitro groups is 1. The Hall–Kier alpha value is -3.43. The second-order valence-electron chi connectivity index (χ2n) is 6.19. The second kappa shape index (κ2) is 9.67. The highest BCUT2D eigenvalue weighted by Crippen LogP contribution is 2.35. The highest BCUT2D eigenvalue weighted by Gasteiger charge is 2.39. The third kappa shape index (κ3) is 5.09. The van der Waals surface area contributed by atoms with Gasteiger partial charge in [0.2, 0.25) is 0 Å². The number of benzene rings is 1. The molecule has 1 aliphatic heterocycles. The monoisotopic (exact) mass is 405 g/mol. The molecule has 156 valence electrons. The lowest BCUT2D eigenvalue weighted by Gasteiger charge is -2.37. The van der Waals surface area contributed by atoms with Crippen molar-refractivity contribution in [3.8, 4) is 0 Å². The van der Waals surface area contributed by atoms with E-state index in [2.05, 4.69) is 5.32 Å². The number of carbonyl (C=O) groups is 3. The Balaban J connectivity index is 2.51. The summed E-state index contributed by atoms with van der Waals surface area (Å²) in [7, 11) is 0. The molecule has 0 fully saturated rings. The molecule has 0 aromatic heterocycles. The summed E-state index contributed by atoms with van der Waals surface area (Å²) < 4.78 is 10.0. The molecule has 1 unspecified atom stereocenters. The highest BCUT2D eigenvalue weighted by molar-refractivity contribution is 5.95. The average molecular weight is 405 g/mol. The summed E-state index contributed by atoms with van der Waals surface area (Å²) in [5.41, 5.74) is 0.619. The van der Waals surface area contributed by atoms with E-state index in [1.54, 1.807) is 26.8 Å². The number of hydrogen-bond acceptors (Lipinski definition) is 7. The second-order valence-corrected chi connectivity index (χ2v) is 6.19. The number of nitrogens with one attached hydrogen (secondary N) is 1. The number of nitrogens with zero attached hydrogens (tertiary/aromatic N) is 2. The van der Waals surface area contributed by atoms with Crippen molar-refractivity contribution in [3.63, 3.8) is 0 Å². The van der Waals surface area contributed by atoms with Gasteiger partial charge in [-0.2, -0.15) is 0 Å². The van der Waals surface area contributed by atoms with Gasteiger partial charge in [-0.05, 0) is 26.3 Å². The number of urea groups is 1. The number of carbonyl (C=O) groups excluding carboxylic acids is 3. The lowest BCUT2D eigenvalue weighted by Crippen LogP contribution is -2.49. The first kappa shape index (κ1) is 21.9. The molecule has 0 saturated heterocycles. The summed E-state index contributed by atoms with van der Waals surface area (Å²) in [6.45, 7) is 5.14. The van der Waals surface area contributed by atoms with Crippen LogP contribution < -0.4 is 5.32 Å². The van der Waals surface area contributed by atoms with E-state index in [1.165, 1.54) is 23.1 Å². The minimum atomic E-state index is -0.947. The van der Waals surface area contributed by atoms with E-state index in [4.69, 9.17) is 9.47 Å². The average Bonchev–Trinajstić information content (AvgIpc) is 2.67. The number of amides is 2. The number of ether oxygens (including phenoxy) is 2. The minimum Gasteiger partial charge on any atom is -0.466 e. The van der Waals surface area contributed by atoms with Crippen molar-refractivity contribution in [1.29, 1.82) is 0 Å². The number of non-ortho nitro benzene ring substituents is 1. The third-order valence-corrected chi connectivity index (χ3v) is 4.30. The minimum absolute atomic E-state index is 0.0474. The van der Waals surface area contributed by atoms with Crippen LogP contribution in [0.4, 0.5) is 10.5 Å². The summed E-state index contributed by atoms with van der Waals surface area (Å²) in [5, 5.41) is 13.8. The molecule has 29 heavy (non-hydrogen) atoms. The van der Waals surface area contributed by atoms with Crippen LogP contribution in [-0.2, 0) is 19.1 Å². The van der Waals surface area contributed by atoms with Crippen molar-refractivity contribution in [2.24, 2.45) is 0 Å². The van der Waals surface area contributed by atoms with Crippen LogP contribution in [-0.4, -0.2) is 47.6 Å². The number of allylic oxidation sites excluding steroid dienone is 1. The predicted octanol–water partition coefficient (Wildman–Crippen LogP) is 2.45. The van der Waals surface area contributed by atoms with Crippen LogP contribution in [0.3, 0.4) is 0 Å². The van der Waals surface area contributed by atoms with Gasteiger partial charge in [0, 0.05) is 24.4 Å². The zero-order valence-corrected chi connectivity index (χ0v) is 16.5. The molecular formula is C19H23N3O7. The number of hydrogen-bond donors (Lipinski definition) is 1. The number of rotatable bonds is 8. The van der Waals surface area contributed by atoms with Gasteiger partial charge < -0.3 is 19.7 Å². The maximum absolute atomic E-state index is 12.6. The highest BCUT2D eigenvalue weighted by atomic mass is 16.6. The van der Waals surface area contributed by atoms with Crippen LogP contribution in [0.2, 0.25) is 0 Å². The Labute approximate surface area is 167 Å². The largest absolute Gasteiger partial charge is 0.466 e. The van der Waals surface area contributed by atoms with E-state index in [0.717, 1.165) is 0 Å². The molecule has 0 spiro atoms. The quantitative estimate of drug-likeness (QED) is 0.400. The molecule has 1 N–H and O–H groups in total. The topological polar surface area (TPSA) is 128 Å². The SMILES string of the molecule is CCOC(=O)CCN1C(=O)NC(C)=C(C(=O)OCC)C1c1cccc([N+](=O)[O-])c1. The molecule has 0 radical (unpaired) electrons. The Bertz CT molecular complexity index is 850. The van der Waals surface area contributed by atoms with Gasteiger partial charge >= 0.3 is 18.0 Å². The molecule has 1 atom stereocenters. The Morgan fingerprint density at radius 3 is 2.55 bits per heavy atom. The smallest absolute Gasteiger partial charge is 0.338 e. The summed E-state index contributed by atoms with van der Waals surface area (Å²) in [5.74, 6) is -1.15. The van der Waals surface area contributed by atoms with Gasteiger partial charge in [-0.25, -0.2) is 9.59 Å². The summed E-state index contributed by atoms with van der Waals surface area (Å²) in [6.07, 6.45) is -0.0954. The van der Waals surface area contributed by atoms with Crippen molar-refractivity contribution in [2.75, 3.05) is 19.8 Å². The molecule has 0 aliphatic carbocycles. The van der Waals surface area contributed by atoms with Crippen LogP contribution >= 0.6 is 0 Å². The zero-order valence-electron chi connectivity index (χ0n) is 16.5. The molecular weight excluding hydrogens is 382 g/mol. The van der Waals surface area contributed by atoms with E-state index in [-0.39, 0.29) is 43.1 Å². The number of esters is 2. The fraction of sp³-hybridized carbons (Fsp3) is 0.421. The fourth-order valence-electron chi connectivity index (χ4n) is 3.08. The van der Waals surface area contributed by atoms with Gasteiger partial charge in [-0.15, -0.1) is 0 Å². The van der Waals surface area contributed by atoms with Crippen molar-refractivity contribution >= 4 is 23.7 Å². The van der Waals surface area contributed by atoms with Gasteiger partial charge in [-0.3, -0.25) is 14.9 Å². The van der Waals surface area contributed by atoms with E-state index in [9.17, 15) is 24.5 Å². The molecule has 1 aliphatic rings. The first-order valence-corrected chi connectivity index (χ1v) is 9.15. The van der Waals surface area contributed by atoms with Crippen LogP contribution in [0.15, 0.2) is 35.5 Å². The van der Waals surface area contributed by atoms with Crippen molar-refractivity contribution in [3.05, 3.63) is 51.2 Å². The van der Waals surface area contributed by atoms with Crippen LogP contribution in [0, 0.1) is 10.1 Å². The summed E-state index contributed by atoms with van der Waals surface area (Å²) in [6, 6.07) is 4.19. The van der Waals surface area contributed by atoms with Crippen molar-refractivity contribution < 1.29 is 28.8 Å². The van der Waals surface area contributed by atoms with Crippen LogP contribution in [0.5, 0.6) is 0 Å². The predicted molar refractivity (Wildman–Crippen MR) is 102 cm³/mol. The van der Waals surface area contributed by atoms with Crippen LogP contribution in [0.1, 0.15) is 38.8 Å². The Morgan fingerprint density at radius 2 is 1.93 bits per heavy atom. The zero-order chi connectivity index (χ0) is 21.6. The van der Waals surface area contributed by atoms with Gasteiger partial charge in [0.25, 0.3) is 5.69 Å². The third-order valence-electron chi connectivity index (χ3n) is 4.30. The molecule has 10 heteroatoms.